The van der Waals surface area contributed by atoms with Gasteiger partial charge in [-0.1, -0.05) is 0 Å². The minimum absolute atomic E-state index is 0.0307. The van der Waals surface area contributed by atoms with E-state index in [0.717, 1.165) is 0 Å². The zero-order valence-electron chi connectivity index (χ0n) is 17.9. The molecule has 2 heterocycles. The molecular weight excluding hydrogens is 432 g/mol. The summed E-state index contributed by atoms with van der Waals surface area (Å²) in [5.41, 5.74) is 1.11. The largest absolute Gasteiger partial charge is 0.482 e. The van der Waals surface area contributed by atoms with Crippen LogP contribution in [-0.2, 0) is 19.1 Å². The Bertz CT molecular complexity index is 1110. The van der Waals surface area contributed by atoms with Gasteiger partial charge >= 0.3 is 5.97 Å². The Hall–Kier alpha value is -4.08. The third-order valence-corrected chi connectivity index (χ3v) is 5.04. The van der Waals surface area contributed by atoms with E-state index in [0.29, 0.717) is 34.2 Å². The SMILES string of the molecule is CCOC(=O)CCC(=O)c1ccc2c(c1)N(CC(=O)Nc1ccc3c(c1)OCO3)C(=O)CO2. The van der Waals surface area contributed by atoms with Gasteiger partial charge in [-0.3, -0.25) is 24.1 Å². The Balaban J connectivity index is 1.46. The number of fused-ring (bicyclic) bond motifs is 2. The van der Waals surface area contributed by atoms with Crippen molar-refractivity contribution in [2.75, 3.05) is 36.8 Å². The van der Waals surface area contributed by atoms with Gasteiger partial charge in [0.2, 0.25) is 12.7 Å². The molecule has 0 atom stereocenters. The monoisotopic (exact) mass is 454 g/mol. The Morgan fingerprint density at radius 2 is 1.79 bits per heavy atom. The number of amides is 2. The average molecular weight is 454 g/mol. The smallest absolute Gasteiger partial charge is 0.306 e. The lowest BCUT2D eigenvalue weighted by atomic mass is 10.0. The maximum absolute atomic E-state index is 12.7. The van der Waals surface area contributed by atoms with Crippen LogP contribution >= 0.6 is 0 Å². The van der Waals surface area contributed by atoms with Gasteiger partial charge in [0, 0.05) is 23.7 Å². The molecular formula is C23H22N2O8. The molecule has 2 aliphatic heterocycles. The molecule has 2 aromatic carbocycles. The maximum Gasteiger partial charge on any atom is 0.306 e. The molecule has 2 amide bonds. The molecule has 1 N–H and O–H groups in total. The van der Waals surface area contributed by atoms with Crippen LogP contribution in [-0.4, -0.2) is 50.1 Å². The number of carbonyl (C=O) groups is 4. The van der Waals surface area contributed by atoms with Crippen molar-refractivity contribution in [2.45, 2.75) is 19.8 Å². The molecule has 0 bridgehead atoms. The van der Waals surface area contributed by atoms with Gasteiger partial charge in [-0.2, -0.15) is 0 Å². The van der Waals surface area contributed by atoms with Crippen LogP contribution in [0.4, 0.5) is 11.4 Å². The minimum atomic E-state index is -0.455. The Kier molecular flexibility index (Phi) is 6.43. The summed E-state index contributed by atoms with van der Waals surface area (Å²) in [5.74, 6) is -0.101. The molecule has 0 saturated heterocycles. The van der Waals surface area contributed by atoms with Gasteiger partial charge in [0.05, 0.1) is 18.7 Å². The predicted octanol–water partition coefficient (Wildman–Crippen LogP) is 2.31. The highest BCUT2D eigenvalue weighted by Crippen LogP contribution is 2.35. The molecule has 0 aliphatic carbocycles. The van der Waals surface area contributed by atoms with E-state index < -0.39 is 17.8 Å². The second-order valence-corrected chi connectivity index (χ2v) is 7.30. The van der Waals surface area contributed by atoms with Crippen LogP contribution in [0.5, 0.6) is 17.2 Å². The van der Waals surface area contributed by atoms with Crippen molar-refractivity contribution in [2.24, 2.45) is 0 Å². The van der Waals surface area contributed by atoms with E-state index in [1.54, 1.807) is 37.3 Å². The Morgan fingerprint density at radius 3 is 2.61 bits per heavy atom. The van der Waals surface area contributed by atoms with E-state index in [-0.39, 0.29) is 45.2 Å². The molecule has 10 heteroatoms. The van der Waals surface area contributed by atoms with Crippen LogP contribution in [0.3, 0.4) is 0 Å². The fourth-order valence-electron chi connectivity index (χ4n) is 3.46. The van der Waals surface area contributed by atoms with Crippen LogP contribution in [0.2, 0.25) is 0 Å². The molecule has 0 spiro atoms. The molecule has 4 rings (SSSR count). The normalized spacial score (nSPS) is 13.7. The predicted molar refractivity (Wildman–Crippen MR) is 116 cm³/mol. The first-order chi connectivity index (χ1) is 15.9. The van der Waals surface area contributed by atoms with Crippen LogP contribution in [0.25, 0.3) is 0 Å². The van der Waals surface area contributed by atoms with E-state index in [2.05, 4.69) is 5.32 Å². The summed E-state index contributed by atoms with van der Waals surface area (Å²) in [4.78, 5) is 50.5. The van der Waals surface area contributed by atoms with Crippen molar-refractivity contribution in [3.05, 3.63) is 42.0 Å². The molecule has 33 heavy (non-hydrogen) atoms. The number of Topliss-reactive ketones (excluding diaryl/α,β-unsaturated/α-hetero) is 1. The van der Waals surface area contributed by atoms with Gasteiger partial charge in [0.25, 0.3) is 5.91 Å². The highest BCUT2D eigenvalue weighted by Gasteiger charge is 2.28. The average Bonchev–Trinajstić information content (AvgIpc) is 3.27. The molecule has 0 saturated carbocycles. The highest BCUT2D eigenvalue weighted by atomic mass is 16.7. The molecule has 2 aliphatic rings. The van der Waals surface area contributed by atoms with E-state index >= 15 is 0 Å². The first kappa shape index (κ1) is 22.1. The van der Waals surface area contributed by atoms with Crippen LogP contribution in [0.1, 0.15) is 30.1 Å². The Morgan fingerprint density at radius 1 is 1.00 bits per heavy atom. The van der Waals surface area contributed by atoms with Gasteiger partial charge in [-0.15, -0.1) is 0 Å². The third kappa shape index (κ3) is 5.05. The summed E-state index contributed by atoms with van der Waals surface area (Å²) < 4.78 is 20.8. The van der Waals surface area contributed by atoms with Gasteiger partial charge in [-0.05, 0) is 37.3 Å². The summed E-state index contributed by atoms with van der Waals surface area (Å²) in [6.45, 7) is 1.56. The first-order valence-electron chi connectivity index (χ1n) is 10.4. The van der Waals surface area contributed by atoms with Crippen molar-refractivity contribution in [1.82, 2.24) is 0 Å². The van der Waals surface area contributed by atoms with Crippen LogP contribution in [0, 0.1) is 0 Å². The number of rotatable bonds is 8. The van der Waals surface area contributed by atoms with Gasteiger partial charge in [0.1, 0.15) is 12.3 Å². The Labute approximate surface area is 189 Å². The lowest BCUT2D eigenvalue weighted by molar-refractivity contribution is -0.143. The number of ether oxygens (including phenoxy) is 4. The van der Waals surface area contributed by atoms with Crippen LogP contribution < -0.4 is 24.4 Å². The summed E-state index contributed by atoms with van der Waals surface area (Å²) in [7, 11) is 0. The van der Waals surface area contributed by atoms with E-state index in [1.807, 2.05) is 0 Å². The van der Waals surface area contributed by atoms with Crippen molar-refractivity contribution >= 4 is 34.9 Å². The zero-order chi connectivity index (χ0) is 23.4. The quantitative estimate of drug-likeness (QED) is 0.477. The maximum atomic E-state index is 12.7. The summed E-state index contributed by atoms with van der Waals surface area (Å²) >= 11 is 0. The molecule has 0 aromatic heterocycles. The fourth-order valence-corrected chi connectivity index (χ4v) is 3.46. The molecule has 172 valence electrons. The fraction of sp³-hybridized carbons (Fsp3) is 0.304. The molecule has 2 aromatic rings. The van der Waals surface area contributed by atoms with E-state index in [1.165, 1.54) is 11.0 Å². The molecule has 0 radical (unpaired) electrons. The third-order valence-electron chi connectivity index (χ3n) is 5.04. The standard InChI is InChI=1S/C23H22N2O8/c1-2-30-23(29)8-5-17(26)14-3-6-18-16(9-14)25(22(28)12-31-18)11-21(27)24-15-4-7-19-20(10-15)33-13-32-19/h3-4,6-7,9-10H,2,5,8,11-13H2,1H3,(H,24,27). The molecule has 0 unspecified atom stereocenters. The van der Waals surface area contributed by atoms with Crippen LogP contribution in [0.15, 0.2) is 36.4 Å². The molecule has 0 fully saturated rings. The van der Waals surface area contributed by atoms with Gasteiger partial charge in [-0.25, -0.2) is 0 Å². The second kappa shape index (κ2) is 9.60. The van der Waals surface area contributed by atoms with Gasteiger partial charge in [0.15, 0.2) is 23.9 Å². The number of carbonyl (C=O) groups excluding carboxylic acids is 4. The topological polar surface area (TPSA) is 120 Å². The summed E-state index contributed by atoms with van der Waals surface area (Å²) in [6, 6.07) is 9.61. The van der Waals surface area contributed by atoms with E-state index in [4.69, 9.17) is 18.9 Å². The first-order valence-corrected chi connectivity index (χ1v) is 10.4. The number of anilines is 2. The van der Waals surface area contributed by atoms with Crippen molar-refractivity contribution < 1.29 is 38.1 Å². The second-order valence-electron chi connectivity index (χ2n) is 7.30. The molecule has 10 nitrogen and oxygen atoms in total. The van der Waals surface area contributed by atoms with Crippen molar-refractivity contribution in [1.29, 1.82) is 0 Å². The van der Waals surface area contributed by atoms with Crippen molar-refractivity contribution in [3.63, 3.8) is 0 Å². The van der Waals surface area contributed by atoms with Gasteiger partial charge < -0.3 is 24.3 Å². The lowest BCUT2D eigenvalue weighted by Gasteiger charge is -2.29. The number of hydrogen-bond acceptors (Lipinski definition) is 8. The lowest BCUT2D eigenvalue weighted by Crippen LogP contribution is -2.43. The zero-order valence-corrected chi connectivity index (χ0v) is 17.9. The highest BCUT2D eigenvalue weighted by molar-refractivity contribution is 6.06. The number of ketones is 1. The number of benzene rings is 2. The number of esters is 1. The number of hydrogen-bond donors (Lipinski definition) is 1. The minimum Gasteiger partial charge on any atom is -0.482 e. The summed E-state index contributed by atoms with van der Waals surface area (Å²) in [6.07, 6.45) is -0.0716. The number of nitrogens with one attached hydrogen (secondary N) is 1. The van der Waals surface area contributed by atoms with Crippen molar-refractivity contribution in [3.8, 4) is 17.2 Å². The number of nitrogens with zero attached hydrogens (tertiary/aromatic N) is 1. The summed E-state index contributed by atoms with van der Waals surface area (Å²) in [5, 5.41) is 2.72. The van der Waals surface area contributed by atoms with E-state index in [9.17, 15) is 19.2 Å².